The predicted octanol–water partition coefficient (Wildman–Crippen LogP) is -1.56. The molecule has 1 aliphatic rings. The van der Waals surface area contributed by atoms with E-state index in [1.807, 2.05) is 0 Å². The molecule has 3 N–H and O–H groups in total. The smallest absolute Gasteiger partial charge is 0.140 e. The zero-order valence-corrected chi connectivity index (χ0v) is 3.76. The van der Waals surface area contributed by atoms with Crippen molar-refractivity contribution < 1.29 is 5.11 Å². The minimum absolute atomic E-state index is 0.438. The molecule has 0 radical (unpaired) electrons. The molecule has 0 aromatic rings. The fraction of sp³-hybridized carbons (Fsp3) is 0.667. The maximum Gasteiger partial charge on any atom is 0.140 e. The lowest BCUT2D eigenvalue weighted by Gasteiger charge is -2.12. The van der Waals surface area contributed by atoms with Crippen molar-refractivity contribution in [3.05, 3.63) is 0 Å². The second kappa shape index (κ2) is 1.90. The van der Waals surface area contributed by atoms with Crippen molar-refractivity contribution in [2.75, 3.05) is 6.54 Å². The second-order valence-corrected chi connectivity index (χ2v) is 1.30. The highest BCUT2D eigenvalue weighted by Crippen LogP contribution is 1.77. The van der Waals surface area contributed by atoms with E-state index in [1.165, 1.54) is 6.34 Å². The number of aliphatic hydroxyl groups excluding tert-OH is 1. The Balaban J connectivity index is 2.32. The zero-order chi connectivity index (χ0) is 5.11. The fourth-order valence-electron chi connectivity index (χ4n) is 0.377. The Hall–Kier alpha value is -0.610. The van der Waals surface area contributed by atoms with E-state index in [0.717, 1.165) is 0 Å². The summed E-state index contributed by atoms with van der Waals surface area (Å²) in [5.41, 5.74) is 5.08. The number of nitrogens with zero attached hydrogens (tertiary/aromatic N) is 1. The van der Waals surface area contributed by atoms with Gasteiger partial charge in [0.1, 0.15) is 6.23 Å². The van der Waals surface area contributed by atoms with Crippen LogP contribution < -0.4 is 10.9 Å². The standard InChI is InChI=1S/C3H7N3O/c7-3-1-4-2-5-6-3/h2-3,6-7H,1H2,(H,4,5). The normalized spacial score (nSPS) is 29.6. The SMILES string of the molecule is OC1CN=CNN1. The minimum atomic E-state index is -0.523. The Morgan fingerprint density at radius 2 is 2.71 bits per heavy atom. The van der Waals surface area contributed by atoms with Crippen molar-refractivity contribution >= 4 is 6.34 Å². The molecule has 1 unspecified atom stereocenters. The Kier molecular flexibility index (Phi) is 1.24. The van der Waals surface area contributed by atoms with E-state index in [-0.39, 0.29) is 0 Å². The quantitative estimate of drug-likeness (QED) is 0.346. The van der Waals surface area contributed by atoms with Crippen molar-refractivity contribution in [1.82, 2.24) is 10.9 Å². The molecule has 0 aliphatic carbocycles. The summed E-state index contributed by atoms with van der Waals surface area (Å²) in [6.45, 7) is 0.438. The van der Waals surface area contributed by atoms with Gasteiger partial charge >= 0.3 is 0 Å². The highest BCUT2D eigenvalue weighted by molar-refractivity contribution is 5.54. The van der Waals surface area contributed by atoms with Gasteiger partial charge < -0.3 is 10.5 Å². The number of rotatable bonds is 0. The van der Waals surface area contributed by atoms with Crippen molar-refractivity contribution in [1.29, 1.82) is 0 Å². The molecule has 1 heterocycles. The summed E-state index contributed by atoms with van der Waals surface area (Å²) in [5.74, 6) is 0. The van der Waals surface area contributed by atoms with Crippen molar-refractivity contribution in [2.24, 2.45) is 4.99 Å². The molecule has 4 heteroatoms. The molecular weight excluding hydrogens is 94.1 g/mol. The van der Waals surface area contributed by atoms with Crippen LogP contribution in [0.2, 0.25) is 0 Å². The highest BCUT2D eigenvalue weighted by atomic mass is 16.3. The van der Waals surface area contributed by atoms with E-state index in [0.29, 0.717) is 6.54 Å². The van der Waals surface area contributed by atoms with Crippen LogP contribution in [0.5, 0.6) is 0 Å². The van der Waals surface area contributed by atoms with Crippen LogP contribution in [-0.2, 0) is 0 Å². The van der Waals surface area contributed by atoms with Crippen LogP contribution in [0.15, 0.2) is 4.99 Å². The molecule has 0 aromatic carbocycles. The van der Waals surface area contributed by atoms with Crippen LogP contribution in [-0.4, -0.2) is 24.2 Å². The van der Waals surface area contributed by atoms with E-state index in [2.05, 4.69) is 15.8 Å². The van der Waals surface area contributed by atoms with E-state index >= 15 is 0 Å². The average Bonchev–Trinajstić information content (AvgIpc) is 1.69. The van der Waals surface area contributed by atoms with Crippen LogP contribution >= 0.6 is 0 Å². The van der Waals surface area contributed by atoms with Gasteiger partial charge in [0.05, 0.1) is 12.9 Å². The highest BCUT2D eigenvalue weighted by Gasteiger charge is 2.00. The molecule has 0 fully saturated rings. The Morgan fingerprint density at radius 1 is 1.86 bits per heavy atom. The molecule has 4 nitrogen and oxygen atoms in total. The second-order valence-electron chi connectivity index (χ2n) is 1.30. The number of aliphatic hydroxyl groups is 1. The van der Waals surface area contributed by atoms with Crippen LogP contribution in [0.3, 0.4) is 0 Å². The molecule has 0 aromatic heterocycles. The first-order valence-corrected chi connectivity index (χ1v) is 2.07. The summed E-state index contributed by atoms with van der Waals surface area (Å²) in [4.78, 5) is 3.71. The fourth-order valence-corrected chi connectivity index (χ4v) is 0.377. The number of hydrogen-bond acceptors (Lipinski definition) is 4. The van der Waals surface area contributed by atoms with Crippen LogP contribution in [0.25, 0.3) is 0 Å². The molecular formula is C3H7N3O. The molecule has 40 valence electrons. The van der Waals surface area contributed by atoms with E-state index in [9.17, 15) is 0 Å². The number of nitrogens with one attached hydrogen (secondary N) is 2. The molecule has 7 heavy (non-hydrogen) atoms. The van der Waals surface area contributed by atoms with Crippen LogP contribution in [0.4, 0.5) is 0 Å². The third-order valence-electron chi connectivity index (χ3n) is 0.684. The first-order chi connectivity index (χ1) is 3.39. The van der Waals surface area contributed by atoms with Gasteiger partial charge in [0.15, 0.2) is 0 Å². The van der Waals surface area contributed by atoms with Gasteiger partial charge in [-0.25, -0.2) is 5.43 Å². The topological polar surface area (TPSA) is 56.7 Å². The Morgan fingerprint density at radius 3 is 3.00 bits per heavy atom. The summed E-state index contributed by atoms with van der Waals surface area (Å²) in [6, 6.07) is 0. The van der Waals surface area contributed by atoms with Gasteiger partial charge in [0, 0.05) is 0 Å². The Labute approximate surface area is 41.2 Å². The summed E-state index contributed by atoms with van der Waals surface area (Å²) in [6.07, 6.45) is 0.984. The van der Waals surface area contributed by atoms with Gasteiger partial charge in [-0.15, -0.1) is 0 Å². The third kappa shape index (κ3) is 1.13. The molecule has 1 rings (SSSR count). The lowest BCUT2D eigenvalue weighted by Crippen LogP contribution is -2.45. The monoisotopic (exact) mass is 101 g/mol. The maximum absolute atomic E-state index is 8.62. The van der Waals surface area contributed by atoms with Crippen molar-refractivity contribution in [3.8, 4) is 0 Å². The lowest BCUT2D eigenvalue weighted by atomic mass is 10.6. The largest absolute Gasteiger partial charge is 0.375 e. The molecule has 1 atom stereocenters. The number of hydrogen-bond donors (Lipinski definition) is 3. The van der Waals surface area contributed by atoms with Gasteiger partial charge in [-0.2, -0.15) is 0 Å². The molecule has 0 amide bonds. The van der Waals surface area contributed by atoms with Gasteiger partial charge in [0.25, 0.3) is 0 Å². The maximum atomic E-state index is 8.62. The zero-order valence-electron chi connectivity index (χ0n) is 3.76. The molecule has 1 aliphatic heterocycles. The number of aliphatic imine (C=N–C) groups is 1. The van der Waals surface area contributed by atoms with E-state index in [1.54, 1.807) is 0 Å². The lowest BCUT2D eigenvalue weighted by molar-refractivity contribution is 0.132. The average molecular weight is 101 g/mol. The summed E-state index contributed by atoms with van der Waals surface area (Å²) in [7, 11) is 0. The predicted molar refractivity (Wildman–Crippen MR) is 25.6 cm³/mol. The minimum Gasteiger partial charge on any atom is -0.375 e. The summed E-state index contributed by atoms with van der Waals surface area (Å²) < 4.78 is 0. The van der Waals surface area contributed by atoms with Gasteiger partial charge in [-0.05, 0) is 0 Å². The molecule has 0 saturated heterocycles. The van der Waals surface area contributed by atoms with Crippen LogP contribution in [0, 0.1) is 0 Å². The molecule has 0 bridgehead atoms. The number of hydrazine groups is 1. The van der Waals surface area contributed by atoms with E-state index in [4.69, 9.17) is 5.11 Å². The molecule has 0 saturated carbocycles. The van der Waals surface area contributed by atoms with Crippen LogP contribution in [0.1, 0.15) is 0 Å². The van der Waals surface area contributed by atoms with E-state index < -0.39 is 6.23 Å². The first kappa shape index (κ1) is 4.55. The van der Waals surface area contributed by atoms with Crippen molar-refractivity contribution in [2.45, 2.75) is 6.23 Å². The van der Waals surface area contributed by atoms with Gasteiger partial charge in [-0.3, -0.25) is 4.99 Å². The van der Waals surface area contributed by atoms with Gasteiger partial charge in [-0.1, -0.05) is 0 Å². The first-order valence-electron chi connectivity index (χ1n) is 2.07. The third-order valence-corrected chi connectivity index (χ3v) is 0.684. The van der Waals surface area contributed by atoms with Gasteiger partial charge in [0.2, 0.25) is 0 Å². The Bertz CT molecular complexity index is 82.2. The summed E-state index contributed by atoms with van der Waals surface area (Å²) in [5, 5.41) is 8.62. The molecule has 0 spiro atoms. The summed E-state index contributed by atoms with van der Waals surface area (Å²) >= 11 is 0. The van der Waals surface area contributed by atoms with Crippen molar-refractivity contribution in [3.63, 3.8) is 0 Å².